The van der Waals surface area contributed by atoms with Crippen molar-refractivity contribution in [2.45, 2.75) is 63.6 Å². The number of ketones is 2. The van der Waals surface area contributed by atoms with Crippen LogP contribution >= 0.6 is 11.6 Å². The minimum absolute atomic E-state index is 0.0466. The Morgan fingerprint density at radius 2 is 1.31 bits per heavy atom. The molecule has 2 fully saturated rings. The zero-order chi connectivity index (χ0) is 32.6. The Bertz CT molecular complexity index is 1570. The van der Waals surface area contributed by atoms with Gasteiger partial charge >= 0.3 is 0 Å². The first kappa shape index (κ1) is 34.0. The van der Waals surface area contributed by atoms with Gasteiger partial charge in [-0.25, -0.2) is 0 Å². The van der Waals surface area contributed by atoms with Crippen molar-refractivity contribution in [3.63, 3.8) is 0 Å². The molecular weight excluding hydrogens is 592 g/mol. The number of nitrogens with one attached hydrogen (secondary N) is 1. The van der Waals surface area contributed by atoms with Crippen molar-refractivity contribution in [2.75, 3.05) is 40.4 Å². The predicted molar refractivity (Wildman–Crippen MR) is 171 cm³/mol. The third-order valence-corrected chi connectivity index (χ3v) is 9.42. The van der Waals surface area contributed by atoms with E-state index in [1.54, 1.807) is 45.1 Å². The first-order valence-electron chi connectivity index (χ1n) is 15.0. The van der Waals surface area contributed by atoms with Crippen molar-refractivity contribution < 1.29 is 19.1 Å². The molecule has 0 spiro atoms. The van der Waals surface area contributed by atoms with Gasteiger partial charge in [-0.2, -0.15) is 10.5 Å². The highest BCUT2D eigenvalue weighted by atomic mass is 35.5. The number of allylic oxidation sites excluding steroid dienone is 2. The molecule has 45 heavy (non-hydrogen) atoms. The summed E-state index contributed by atoms with van der Waals surface area (Å²) in [6, 6.07) is 7.55. The van der Waals surface area contributed by atoms with E-state index in [4.69, 9.17) is 26.3 Å². The highest BCUT2D eigenvalue weighted by molar-refractivity contribution is 6.52. The number of rotatable bonds is 3. The van der Waals surface area contributed by atoms with Crippen LogP contribution in [-0.2, 0) is 31.9 Å². The zero-order valence-corrected chi connectivity index (χ0v) is 27.0. The Balaban J connectivity index is 0.000000171. The normalized spacial score (nSPS) is 19.9. The molecule has 4 aliphatic rings. The number of Topliss-reactive ketones (excluding diaryl/α,β-unsaturated/α-hetero) is 2. The minimum Gasteiger partial charge on any atom is -0.378 e. The monoisotopic (exact) mass is 630 g/mol. The number of likely N-dealkylation sites (tertiary alicyclic amines) is 1. The molecule has 0 saturated carbocycles. The van der Waals surface area contributed by atoms with E-state index in [1.807, 2.05) is 12.1 Å². The number of pyridine rings is 2. The molecule has 2 aliphatic heterocycles. The van der Waals surface area contributed by atoms with Crippen LogP contribution < -0.4 is 5.32 Å². The van der Waals surface area contributed by atoms with Crippen LogP contribution in [0, 0.1) is 22.7 Å². The van der Waals surface area contributed by atoms with E-state index in [0.29, 0.717) is 0 Å². The topological polar surface area (TPSA) is 141 Å². The van der Waals surface area contributed by atoms with Crippen LogP contribution in [-0.4, -0.2) is 78.0 Å². The van der Waals surface area contributed by atoms with Crippen LogP contribution in [0.2, 0.25) is 0 Å². The van der Waals surface area contributed by atoms with Gasteiger partial charge in [0.05, 0.1) is 21.9 Å². The fraction of sp³-hybridized carbons (Fsp3) is 0.471. The Morgan fingerprint density at radius 1 is 0.822 bits per heavy atom. The summed E-state index contributed by atoms with van der Waals surface area (Å²) in [6.45, 7) is 8.04. The van der Waals surface area contributed by atoms with Crippen LogP contribution in [0.25, 0.3) is 10.7 Å². The molecule has 0 aromatic carbocycles. The van der Waals surface area contributed by atoms with Gasteiger partial charge in [0, 0.05) is 76.1 Å². The quantitative estimate of drug-likeness (QED) is 0.519. The molecule has 0 amide bonds. The van der Waals surface area contributed by atoms with Crippen molar-refractivity contribution in [3.05, 3.63) is 70.3 Å². The third-order valence-electron chi connectivity index (χ3n) is 9.02. The molecule has 10 nitrogen and oxygen atoms in total. The van der Waals surface area contributed by atoms with Crippen LogP contribution in [0.5, 0.6) is 0 Å². The van der Waals surface area contributed by atoms with E-state index >= 15 is 0 Å². The summed E-state index contributed by atoms with van der Waals surface area (Å²) >= 11 is 5.92. The van der Waals surface area contributed by atoms with Gasteiger partial charge in [0.1, 0.15) is 23.3 Å². The SMILES string of the molecule is COC1(C)CCN(C2=C(C#N)C(=O)Cc3cnccc32)CC1.COC1(C)CCNCC1.N#CC1=C(Cl)c2ccncc2CC1=O. The number of methoxy groups -OCH3 is 2. The lowest BCUT2D eigenvalue weighted by Gasteiger charge is -2.41. The summed E-state index contributed by atoms with van der Waals surface area (Å²) in [5, 5.41) is 21.7. The second kappa shape index (κ2) is 14.9. The van der Waals surface area contributed by atoms with Crippen molar-refractivity contribution in [3.8, 4) is 12.1 Å². The van der Waals surface area contributed by atoms with Gasteiger partial charge in [0.15, 0.2) is 11.6 Å². The zero-order valence-electron chi connectivity index (χ0n) is 26.3. The summed E-state index contributed by atoms with van der Waals surface area (Å²) in [5.74, 6) is -0.351. The molecule has 2 aromatic heterocycles. The van der Waals surface area contributed by atoms with E-state index in [1.165, 1.54) is 0 Å². The molecule has 2 aliphatic carbocycles. The number of hydrogen-bond donors (Lipinski definition) is 1. The Labute approximate surface area is 269 Å². The molecule has 236 valence electrons. The molecule has 0 atom stereocenters. The molecule has 2 saturated heterocycles. The molecule has 0 radical (unpaired) electrons. The Morgan fingerprint density at radius 3 is 1.82 bits per heavy atom. The summed E-state index contributed by atoms with van der Waals surface area (Å²) in [5.41, 5.74) is 4.52. The molecule has 6 rings (SSSR count). The molecule has 4 heterocycles. The summed E-state index contributed by atoms with van der Waals surface area (Å²) in [7, 11) is 3.53. The molecule has 0 unspecified atom stereocenters. The van der Waals surface area contributed by atoms with E-state index in [-0.39, 0.29) is 51.8 Å². The molecule has 0 bridgehead atoms. The van der Waals surface area contributed by atoms with Crippen molar-refractivity contribution in [2.24, 2.45) is 0 Å². The fourth-order valence-corrected chi connectivity index (χ4v) is 6.08. The van der Waals surface area contributed by atoms with Gasteiger partial charge in [0.2, 0.25) is 0 Å². The van der Waals surface area contributed by atoms with Crippen LogP contribution in [0.1, 0.15) is 61.8 Å². The number of fused-ring (bicyclic) bond motifs is 2. The minimum atomic E-state index is -0.238. The lowest BCUT2D eigenvalue weighted by atomic mass is 9.87. The second-order valence-corrected chi connectivity index (χ2v) is 12.3. The number of nitriles is 2. The number of piperidine rings is 2. The van der Waals surface area contributed by atoms with Crippen LogP contribution in [0.15, 0.2) is 48.1 Å². The van der Waals surface area contributed by atoms with E-state index in [9.17, 15) is 14.9 Å². The van der Waals surface area contributed by atoms with Gasteiger partial charge in [0.25, 0.3) is 0 Å². The maximum atomic E-state index is 12.3. The van der Waals surface area contributed by atoms with Crippen LogP contribution in [0.4, 0.5) is 0 Å². The maximum absolute atomic E-state index is 12.3. The predicted octanol–water partition coefficient (Wildman–Crippen LogP) is 4.40. The smallest absolute Gasteiger partial charge is 0.179 e. The fourth-order valence-electron chi connectivity index (χ4n) is 5.75. The van der Waals surface area contributed by atoms with E-state index in [2.05, 4.69) is 40.1 Å². The largest absolute Gasteiger partial charge is 0.378 e. The summed E-state index contributed by atoms with van der Waals surface area (Å²) in [6.07, 6.45) is 11.1. The van der Waals surface area contributed by atoms with Crippen LogP contribution in [0.3, 0.4) is 0 Å². The Hall–Kier alpha value is -3.93. The number of nitrogens with zero attached hydrogens (tertiary/aromatic N) is 5. The highest BCUT2D eigenvalue weighted by Gasteiger charge is 2.35. The standard InChI is InChI=1S/C17H19N3O2.C10H5ClN2O.C7H15NO/c1-17(22-2)4-7-20(8-5-17)16-13-3-6-19-11-12(13)9-15(21)14(16)10-18;11-10-7-1-2-13-5-6(7)3-9(14)8(10)4-12;1-7(9-2)3-5-8-6-4-7/h3,6,11H,4-5,7-9H2,1-2H3;1-2,5H,3H2;8H,3-6H2,1-2H3. The number of halogens is 1. The van der Waals surface area contributed by atoms with E-state index in [0.717, 1.165) is 79.8 Å². The number of hydrogen-bond acceptors (Lipinski definition) is 10. The van der Waals surface area contributed by atoms with Gasteiger partial charge in [-0.15, -0.1) is 0 Å². The lowest BCUT2D eigenvalue weighted by Crippen LogP contribution is -2.43. The molecular formula is C34H39ClN6O4. The second-order valence-electron chi connectivity index (χ2n) is 11.9. The summed E-state index contributed by atoms with van der Waals surface area (Å²) in [4.78, 5) is 33.8. The lowest BCUT2D eigenvalue weighted by molar-refractivity contribution is -0.115. The number of ether oxygens (including phenoxy) is 2. The average Bonchev–Trinajstić information content (AvgIpc) is 3.06. The number of aromatic nitrogens is 2. The highest BCUT2D eigenvalue weighted by Crippen LogP contribution is 2.36. The first-order valence-corrected chi connectivity index (χ1v) is 15.4. The van der Waals surface area contributed by atoms with Crippen molar-refractivity contribution in [1.29, 1.82) is 10.5 Å². The van der Waals surface area contributed by atoms with Gasteiger partial charge in [-0.05, 0) is 75.9 Å². The van der Waals surface area contributed by atoms with Crippen molar-refractivity contribution in [1.82, 2.24) is 20.2 Å². The summed E-state index contributed by atoms with van der Waals surface area (Å²) < 4.78 is 10.9. The van der Waals surface area contributed by atoms with Gasteiger partial charge in [-0.1, -0.05) is 11.6 Å². The first-order chi connectivity index (χ1) is 21.6. The number of carbonyl (C=O) groups excluding carboxylic acids is 2. The van der Waals surface area contributed by atoms with Crippen molar-refractivity contribution >= 4 is 33.9 Å². The molecule has 2 aromatic rings. The number of carbonyl (C=O) groups is 2. The average molecular weight is 631 g/mol. The Kier molecular flexibility index (Phi) is 11.2. The maximum Gasteiger partial charge on any atom is 0.179 e. The van der Waals surface area contributed by atoms with Gasteiger partial charge in [-0.3, -0.25) is 19.6 Å². The third kappa shape index (κ3) is 7.84. The van der Waals surface area contributed by atoms with Gasteiger partial charge < -0.3 is 19.7 Å². The molecule has 1 N–H and O–H groups in total. The van der Waals surface area contributed by atoms with E-state index < -0.39 is 0 Å². The molecule has 11 heteroatoms.